The van der Waals surface area contributed by atoms with Crippen molar-refractivity contribution in [2.45, 2.75) is 19.9 Å². The van der Waals surface area contributed by atoms with Crippen LogP contribution in [0.2, 0.25) is 0 Å². The van der Waals surface area contributed by atoms with Crippen LogP contribution in [-0.2, 0) is 6.54 Å². The third-order valence-electron chi connectivity index (χ3n) is 2.59. The molecule has 13 heavy (non-hydrogen) atoms. The van der Waals surface area contributed by atoms with Gasteiger partial charge in [-0.15, -0.1) is 0 Å². The summed E-state index contributed by atoms with van der Waals surface area (Å²) in [6, 6.07) is 6.63. The lowest BCUT2D eigenvalue weighted by Crippen LogP contribution is -2.36. The highest BCUT2D eigenvalue weighted by molar-refractivity contribution is 9.10. The predicted molar refractivity (Wildman–Crippen MR) is 58.8 cm³/mol. The largest absolute Gasteiger partial charge is 0.299 e. The molecule has 70 valence electrons. The van der Waals surface area contributed by atoms with Gasteiger partial charge in [0.25, 0.3) is 0 Å². The van der Waals surface area contributed by atoms with E-state index in [0.29, 0.717) is 0 Å². The summed E-state index contributed by atoms with van der Waals surface area (Å²) in [6.07, 6.45) is 1.37. The number of likely N-dealkylation sites (tertiary alicyclic amines) is 1. The number of hydrogen-bond acceptors (Lipinski definition) is 1. The minimum absolute atomic E-state index is 1.11. The first-order valence-electron chi connectivity index (χ1n) is 4.73. The minimum atomic E-state index is 1.11. The fraction of sp³-hybridized carbons (Fsp3) is 0.455. The smallest absolute Gasteiger partial charge is 0.0234 e. The Morgan fingerprint density at radius 3 is 2.69 bits per heavy atom. The van der Waals surface area contributed by atoms with Crippen LogP contribution in [-0.4, -0.2) is 18.0 Å². The molecule has 1 aliphatic heterocycles. The van der Waals surface area contributed by atoms with Gasteiger partial charge in [0.1, 0.15) is 0 Å². The summed E-state index contributed by atoms with van der Waals surface area (Å²) in [5.74, 6) is 0. The molecule has 1 aromatic rings. The minimum Gasteiger partial charge on any atom is -0.299 e. The van der Waals surface area contributed by atoms with Crippen LogP contribution >= 0.6 is 15.9 Å². The van der Waals surface area contributed by atoms with Gasteiger partial charge in [0.15, 0.2) is 0 Å². The second kappa shape index (κ2) is 3.81. The molecule has 1 heterocycles. The van der Waals surface area contributed by atoms with E-state index >= 15 is 0 Å². The Balaban J connectivity index is 2.07. The quantitative estimate of drug-likeness (QED) is 0.768. The second-order valence-electron chi connectivity index (χ2n) is 3.71. The van der Waals surface area contributed by atoms with E-state index in [1.54, 1.807) is 0 Å². The molecule has 2 heteroatoms. The maximum Gasteiger partial charge on any atom is 0.0234 e. The second-order valence-corrected chi connectivity index (χ2v) is 4.57. The SMILES string of the molecule is Cc1ccc(CN2CCC2)cc1Br. The normalized spacial score (nSPS) is 17.1. The summed E-state index contributed by atoms with van der Waals surface area (Å²) in [5, 5.41) is 0. The fourth-order valence-corrected chi connectivity index (χ4v) is 1.96. The van der Waals surface area contributed by atoms with Crippen molar-refractivity contribution in [3.63, 3.8) is 0 Å². The van der Waals surface area contributed by atoms with Gasteiger partial charge in [0.2, 0.25) is 0 Å². The summed E-state index contributed by atoms with van der Waals surface area (Å²) in [4.78, 5) is 2.47. The molecule has 0 atom stereocenters. The van der Waals surface area contributed by atoms with Crippen LogP contribution in [0.1, 0.15) is 17.5 Å². The number of halogens is 1. The number of benzene rings is 1. The molecule has 1 aliphatic rings. The highest BCUT2D eigenvalue weighted by atomic mass is 79.9. The first-order valence-corrected chi connectivity index (χ1v) is 5.52. The van der Waals surface area contributed by atoms with E-state index in [-0.39, 0.29) is 0 Å². The van der Waals surface area contributed by atoms with E-state index < -0.39 is 0 Å². The summed E-state index contributed by atoms with van der Waals surface area (Å²) < 4.78 is 1.23. The lowest BCUT2D eigenvalue weighted by Gasteiger charge is -2.30. The summed E-state index contributed by atoms with van der Waals surface area (Å²) in [6.45, 7) is 5.77. The molecule has 0 saturated carbocycles. The van der Waals surface area contributed by atoms with E-state index in [1.807, 2.05) is 0 Å². The highest BCUT2D eigenvalue weighted by Crippen LogP contribution is 2.19. The molecule has 1 nitrogen and oxygen atoms in total. The molecule has 0 radical (unpaired) electrons. The molecule has 0 unspecified atom stereocenters. The van der Waals surface area contributed by atoms with Gasteiger partial charge in [-0.1, -0.05) is 28.1 Å². The maximum atomic E-state index is 3.56. The van der Waals surface area contributed by atoms with Crippen molar-refractivity contribution in [2.24, 2.45) is 0 Å². The topological polar surface area (TPSA) is 3.24 Å². The fourth-order valence-electron chi connectivity index (χ4n) is 1.53. The van der Waals surface area contributed by atoms with E-state index in [2.05, 4.69) is 46.0 Å². The number of hydrogen-bond donors (Lipinski definition) is 0. The van der Waals surface area contributed by atoms with Crippen molar-refractivity contribution < 1.29 is 0 Å². The van der Waals surface area contributed by atoms with Crippen molar-refractivity contribution >= 4 is 15.9 Å². The third-order valence-corrected chi connectivity index (χ3v) is 3.45. The van der Waals surface area contributed by atoms with E-state index in [9.17, 15) is 0 Å². The molecule has 2 rings (SSSR count). The Morgan fingerprint density at radius 1 is 1.38 bits per heavy atom. The van der Waals surface area contributed by atoms with Gasteiger partial charge >= 0.3 is 0 Å². The van der Waals surface area contributed by atoms with Crippen molar-refractivity contribution in [1.82, 2.24) is 4.90 Å². The third kappa shape index (κ3) is 2.12. The predicted octanol–water partition coefficient (Wildman–Crippen LogP) is 2.96. The maximum absolute atomic E-state index is 3.56. The Morgan fingerprint density at radius 2 is 2.15 bits per heavy atom. The molecule has 0 bridgehead atoms. The molecule has 0 N–H and O–H groups in total. The van der Waals surface area contributed by atoms with Gasteiger partial charge in [-0.25, -0.2) is 0 Å². The Kier molecular flexibility index (Phi) is 2.70. The highest BCUT2D eigenvalue weighted by Gasteiger charge is 2.13. The van der Waals surface area contributed by atoms with E-state index in [1.165, 1.54) is 35.1 Å². The number of nitrogens with zero attached hydrogens (tertiary/aromatic N) is 1. The van der Waals surface area contributed by atoms with Crippen LogP contribution < -0.4 is 0 Å². The van der Waals surface area contributed by atoms with Gasteiger partial charge in [0.05, 0.1) is 0 Å². The lowest BCUT2D eigenvalue weighted by molar-refractivity contribution is 0.172. The molecule has 0 amide bonds. The average Bonchev–Trinajstić information content (AvgIpc) is 2.04. The molecule has 0 aliphatic carbocycles. The van der Waals surface area contributed by atoms with Crippen LogP contribution in [0, 0.1) is 6.92 Å². The molecule has 0 aromatic heterocycles. The summed E-state index contributed by atoms with van der Waals surface area (Å²) in [5.41, 5.74) is 2.73. The van der Waals surface area contributed by atoms with E-state index in [4.69, 9.17) is 0 Å². The van der Waals surface area contributed by atoms with Crippen LogP contribution in [0.4, 0.5) is 0 Å². The Hall–Kier alpha value is -0.340. The number of rotatable bonds is 2. The van der Waals surface area contributed by atoms with Crippen molar-refractivity contribution in [3.8, 4) is 0 Å². The summed E-state index contributed by atoms with van der Waals surface area (Å²) in [7, 11) is 0. The first-order chi connectivity index (χ1) is 6.25. The zero-order chi connectivity index (χ0) is 9.26. The molecule has 1 saturated heterocycles. The van der Waals surface area contributed by atoms with Crippen LogP contribution in [0.3, 0.4) is 0 Å². The summed E-state index contributed by atoms with van der Waals surface area (Å²) >= 11 is 3.56. The van der Waals surface area contributed by atoms with Gasteiger partial charge in [-0.2, -0.15) is 0 Å². The van der Waals surface area contributed by atoms with Gasteiger partial charge < -0.3 is 0 Å². The zero-order valence-electron chi connectivity index (χ0n) is 7.89. The van der Waals surface area contributed by atoms with E-state index in [0.717, 1.165) is 6.54 Å². The molecule has 1 fully saturated rings. The van der Waals surface area contributed by atoms with Gasteiger partial charge in [-0.3, -0.25) is 4.90 Å². The van der Waals surface area contributed by atoms with Gasteiger partial charge in [0, 0.05) is 11.0 Å². The Bertz CT molecular complexity index is 305. The lowest BCUT2D eigenvalue weighted by atomic mass is 10.1. The molecule has 0 spiro atoms. The number of aryl methyl sites for hydroxylation is 1. The standard InChI is InChI=1S/C11H14BrN/c1-9-3-4-10(7-11(9)12)8-13-5-2-6-13/h3-4,7H,2,5-6,8H2,1H3. The van der Waals surface area contributed by atoms with Crippen LogP contribution in [0.25, 0.3) is 0 Å². The zero-order valence-corrected chi connectivity index (χ0v) is 9.47. The van der Waals surface area contributed by atoms with Crippen molar-refractivity contribution in [1.29, 1.82) is 0 Å². The molecular weight excluding hydrogens is 226 g/mol. The van der Waals surface area contributed by atoms with Crippen LogP contribution in [0.15, 0.2) is 22.7 Å². The monoisotopic (exact) mass is 239 g/mol. The van der Waals surface area contributed by atoms with Gasteiger partial charge in [-0.05, 0) is 43.6 Å². The van der Waals surface area contributed by atoms with Crippen LogP contribution in [0.5, 0.6) is 0 Å². The molecular formula is C11H14BrN. The van der Waals surface area contributed by atoms with Crippen molar-refractivity contribution in [2.75, 3.05) is 13.1 Å². The first kappa shape index (κ1) is 9.22. The van der Waals surface area contributed by atoms with Crippen molar-refractivity contribution in [3.05, 3.63) is 33.8 Å². The Labute approximate surface area is 87.9 Å². The average molecular weight is 240 g/mol. The molecule has 1 aromatic carbocycles.